The molecule has 0 bridgehead atoms. The van der Waals surface area contributed by atoms with Gasteiger partial charge in [-0.1, -0.05) is 22.9 Å². The van der Waals surface area contributed by atoms with E-state index in [9.17, 15) is 0 Å². The van der Waals surface area contributed by atoms with Crippen LogP contribution in [0.2, 0.25) is 0 Å². The van der Waals surface area contributed by atoms with Crippen molar-refractivity contribution in [3.63, 3.8) is 0 Å². The van der Waals surface area contributed by atoms with Crippen LogP contribution in [0.25, 0.3) is 0 Å². The van der Waals surface area contributed by atoms with E-state index in [2.05, 4.69) is 24.2 Å². The van der Waals surface area contributed by atoms with Crippen LogP contribution in [0.4, 0.5) is 0 Å². The fourth-order valence-corrected chi connectivity index (χ4v) is 1.78. The van der Waals surface area contributed by atoms with Gasteiger partial charge in [0.05, 0.1) is 18.9 Å². The zero-order valence-electron chi connectivity index (χ0n) is 11.9. The minimum atomic E-state index is 0.686. The molecule has 0 fully saturated rings. The second-order valence-corrected chi connectivity index (χ2v) is 4.72. The molecule has 1 aromatic heterocycles. The average Bonchev–Trinajstić information content (AvgIpc) is 2.97. The molecule has 2 rings (SSSR count). The summed E-state index contributed by atoms with van der Waals surface area (Å²) in [6.07, 6.45) is 4.39. The fraction of sp³-hybridized carbons (Fsp3) is 0.438. The molecule has 0 atom stereocenters. The molecule has 108 valence electrons. The van der Waals surface area contributed by atoms with Gasteiger partial charge in [0.25, 0.3) is 0 Å². The van der Waals surface area contributed by atoms with Crippen LogP contribution in [-0.2, 0) is 11.2 Å². The van der Waals surface area contributed by atoms with E-state index in [1.54, 1.807) is 6.26 Å². The quantitative estimate of drug-likeness (QED) is 0.658. The third kappa shape index (κ3) is 5.45. The number of unbranched alkanes of at least 4 members (excludes halogenated alkanes) is 1. The van der Waals surface area contributed by atoms with E-state index < -0.39 is 0 Å². The number of hydrogen-bond acceptors (Lipinski definition) is 4. The molecule has 4 nitrogen and oxygen atoms in total. The lowest BCUT2D eigenvalue weighted by Gasteiger charge is -2.06. The second-order valence-electron chi connectivity index (χ2n) is 4.72. The number of ether oxygens (including phenoxy) is 2. The van der Waals surface area contributed by atoms with E-state index in [0.717, 1.165) is 43.9 Å². The van der Waals surface area contributed by atoms with Crippen molar-refractivity contribution in [1.29, 1.82) is 0 Å². The average molecular weight is 275 g/mol. The summed E-state index contributed by atoms with van der Waals surface area (Å²) in [7, 11) is 0. The minimum absolute atomic E-state index is 0.686. The third-order valence-electron chi connectivity index (χ3n) is 2.97. The van der Waals surface area contributed by atoms with Crippen molar-refractivity contribution in [3.05, 3.63) is 47.9 Å². The van der Waals surface area contributed by atoms with Gasteiger partial charge < -0.3 is 14.0 Å². The fourth-order valence-electron chi connectivity index (χ4n) is 1.78. The Labute approximate surface area is 119 Å². The zero-order valence-corrected chi connectivity index (χ0v) is 11.9. The highest BCUT2D eigenvalue weighted by Gasteiger charge is 1.97. The summed E-state index contributed by atoms with van der Waals surface area (Å²) in [6, 6.07) is 9.98. The lowest BCUT2D eigenvalue weighted by atomic mass is 10.2. The minimum Gasteiger partial charge on any atom is -0.494 e. The van der Waals surface area contributed by atoms with Gasteiger partial charge in [-0.05, 0) is 31.9 Å². The summed E-state index contributed by atoms with van der Waals surface area (Å²) in [6.45, 7) is 4.25. The normalized spacial score (nSPS) is 10.7. The molecule has 0 aliphatic rings. The molecule has 0 radical (unpaired) electrons. The predicted octanol–water partition coefficient (Wildman–Crippen LogP) is 3.40. The largest absolute Gasteiger partial charge is 0.494 e. The summed E-state index contributed by atoms with van der Waals surface area (Å²) in [4.78, 5) is 0. The Hall–Kier alpha value is -1.81. The molecule has 20 heavy (non-hydrogen) atoms. The Morgan fingerprint density at radius 3 is 2.55 bits per heavy atom. The van der Waals surface area contributed by atoms with Crippen LogP contribution in [0.15, 0.2) is 41.1 Å². The summed E-state index contributed by atoms with van der Waals surface area (Å²) in [5.41, 5.74) is 2.19. The number of rotatable bonds is 9. The van der Waals surface area contributed by atoms with Crippen LogP contribution in [0.1, 0.15) is 24.1 Å². The number of aromatic nitrogens is 1. The maximum atomic E-state index is 5.65. The molecular weight excluding hydrogens is 254 g/mol. The Morgan fingerprint density at radius 1 is 1.00 bits per heavy atom. The van der Waals surface area contributed by atoms with Crippen molar-refractivity contribution in [2.75, 3.05) is 19.8 Å². The molecule has 0 saturated carbocycles. The van der Waals surface area contributed by atoms with E-state index in [1.165, 1.54) is 5.56 Å². The van der Waals surface area contributed by atoms with Crippen molar-refractivity contribution >= 4 is 0 Å². The summed E-state index contributed by atoms with van der Waals surface area (Å²) < 4.78 is 15.9. The van der Waals surface area contributed by atoms with Gasteiger partial charge in [0.1, 0.15) is 12.0 Å². The van der Waals surface area contributed by atoms with Gasteiger partial charge in [-0.15, -0.1) is 0 Å². The SMILES string of the molecule is Cc1ccc(OCCCCOCCc2ccon2)cc1. The third-order valence-corrected chi connectivity index (χ3v) is 2.97. The number of hydrogen-bond donors (Lipinski definition) is 0. The first-order chi connectivity index (χ1) is 9.84. The maximum absolute atomic E-state index is 5.65. The Balaban J connectivity index is 1.44. The maximum Gasteiger partial charge on any atom is 0.124 e. The van der Waals surface area contributed by atoms with Gasteiger partial charge in [-0.3, -0.25) is 0 Å². The topological polar surface area (TPSA) is 44.5 Å². The highest BCUT2D eigenvalue weighted by atomic mass is 16.5. The van der Waals surface area contributed by atoms with Crippen molar-refractivity contribution in [1.82, 2.24) is 5.16 Å². The van der Waals surface area contributed by atoms with Crippen LogP contribution in [0.5, 0.6) is 5.75 Å². The number of aryl methyl sites for hydroxylation is 1. The standard InChI is InChI=1S/C16H21NO3/c1-14-4-6-16(7-5-14)19-11-3-2-10-18-12-8-15-9-13-20-17-15/h4-7,9,13H,2-3,8,10-12H2,1H3. The lowest BCUT2D eigenvalue weighted by molar-refractivity contribution is 0.128. The molecule has 0 spiro atoms. The lowest BCUT2D eigenvalue weighted by Crippen LogP contribution is -2.03. The van der Waals surface area contributed by atoms with Crippen LogP contribution < -0.4 is 4.74 Å². The van der Waals surface area contributed by atoms with Gasteiger partial charge in [0, 0.05) is 19.1 Å². The van der Waals surface area contributed by atoms with Gasteiger partial charge >= 0.3 is 0 Å². The van der Waals surface area contributed by atoms with Gasteiger partial charge in [0.15, 0.2) is 0 Å². The molecule has 0 aliphatic carbocycles. The Morgan fingerprint density at radius 2 is 1.80 bits per heavy atom. The second kappa shape index (κ2) is 8.38. The molecule has 2 aromatic rings. The highest BCUT2D eigenvalue weighted by Crippen LogP contribution is 2.11. The van der Waals surface area contributed by atoms with Crippen LogP contribution in [0.3, 0.4) is 0 Å². The Kier molecular flexibility index (Phi) is 6.11. The van der Waals surface area contributed by atoms with Gasteiger partial charge in [-0.25, -0.2) is 0 Å². The first-order valence-corrected chi connectivity index (χ1v) is 7.01. The van der Waals surface area contributed by atoms with Crippen molar-refractivity contribution in [2.45, 2.75) is 26.2 Å². The van der Waals surface area contributed by atoms with E-state index in [0.29, 0.717) is 6.61 Å². The van der Waals surface area contributed by atoms with Crippen molar-refractivity contribution in [3.8, 4) is 5.75 Å². The molecule has 4 heteroatoms. The van der Waals surface area contributed by atoms with Crippen LogP contribution in [0, 0.1) is 6.92 Å². The number of nitrogens with zero attached hydrogens (tertiary/aromatic N) is 1. The summed E-state index contributed by atoms with van der Waals surface area (Å²) >= 11 is 0. The first kappa shape index (κ1) is 14.6. The molecular formula is C16H21NO3. The summed E-state index contributed by atoms with van der Waals surface area (Å²) in [5.74, 6) is 0.933. The molecule has 1 aromatic carbocycles. The molecule has 0 aliphatic heterocycles. The molecule has 0 N–H and O–H groups in total. The zero-order chi connectivity index (χ0) is 14.0. The number of benzene rings is 1. The summed E-state index contributed by atoms with van der Waals surface area (Å²) in [5, 5.41) is 3.83. The molecule has 0 unspecified atom stereocenters. The van der Waals surface area contributed by atoms with Crippen LogP contribution >= 0.6 is 0 Å². The predicted molar refractivity (Wildman–Crippen MR) is 76.9 cm³/mol. The van der Waals surface area contributed by atoms with E-state index in [-0.39, 0.29) is 0 Å². The molecule has 0 saturated heterocycles. The molecule has 0 amide bonds. The highest BCUT2D eigenvalue weighted by molar-refractivity contribution is 5.26. The Bertz CT molecular complexity index is 465. The van der Waals surface area contributed by atoms with E-state index >= 15 is 0 Å². The smallest absolute Gasteiger partial charge is 0.124 e. The van der Waals surface area contributed by atoms with Crippen molar-refractivity contribution in [2.24, 2.45) is 0 Å². The monoisotopic (exact) mass is 275 g/mol. The van der Waals surface area contributed by atoms with Gasteiger partial charge in [0.2, 0.25) is 0 Å². The van der Waals surface area contributed by atoms with E-state index in [1.807, 2.05) is 18.2 Å². The molecule has 1 heterocycles. The van der Waals surface area contributed by atoms with E-state index in [4.69, 9.17) is 14.0 Å². The van der Waals surface area contributed by atoms with Gasteiger partial charge in [-0.2, -0.15) is 0 Å². The first-order valence-electron chi connectivity index (χ1n) is 7.01. The van der Waals surface area contributed by atoms with Crippen molar-refractivity contribution < 1.29 is 14.0 Å². The van der Waals surface area contributed by atoms with Crippen LogP contribution in [-0.4, -0.2) is 25.0 Å².